The second-order valence-corrected chi connectivity index (χ2v) is 5.05. The Balaban J connectivity index is 2.45. The molecule has 0 atom stereocenters. The Morgan fingerprint density at radius 2 is 2.26 bits per heavy atom. The van der Waals surface area contributed by atoms with Crippen LogP contribution < -0.4 is 5.32 Å². The number of rotatable bonds is 8. The molecule has 19 heavy (non-hydrogen) atoms. The van der Waals surface area contributed by atoms with Crippen molar-refractivity contribution in [1.82, 2.24) is 9.97 Å². The number of nitrogens with zero attached hydrogens (tertiary/aromatic N) is 2. The molecule has 0 spiro atoms. The molecule has 6 nitrogen and oxygen atoms in total. The number of aromatic nitrogens is 2. The number of esters is 1. The molecule has 0 saturated carbocycles. The highest BCUT2D eigenvalue weighted by atomic mass is 32.2. The fraction of sp³-hybridized carbons (Fsp3) is 0.583. The van der Waals surface area contributed by atoms with Crippen LogP contribution in [0.25, 0.3) is 0 Å². The van der Waals surface area contributed by atoms with Gasteiger partial charge in [0.25, 0.3) is 0 Å². The molecular formula is C12H19N3O3S. The largest absolute Gasteiger partial charge is 0.463 e. The predicted molar refractivity (Wildman–Crippen MR) is 75.6 cm³/mol. The van der Waals surface area contributed by atoms with E-state index in [1.807, 2.05) is 0 Å². The number of hydrogen-bond acceptors (Lipinski definition) is 7. The van der Waals surface area contributed by atoms with Crippen molar-refractivity contribution in [3.05, 3.63) is 17.6 Å². The summed E-state index contributed by atoms with van der Waals surface area (Å²) >= 11 is 1.76. The van der Waals surface area contributed by atoms with E-state index >= 15 is 0 Å². The first-order valence-electron chi connectivity index (χ1n) is 6.04. The molecule has 7 heteroatoms. The van der Waals surface area contributed by atoms with E-state index in [1.165, 1.54) is 7.11 Å². The first kappa shape index (κ1) is 15.7. The Morgan fingerprint density at radius 1 is 1.47 bits per heavy atom. The molecule has 0 unspecified atom stereocenters. The molecule has 0 aliphatic rings. The van der Waals surface area contributed by atoms with Crippen LogP contribution in [0.4, 0.5) is 5.82 Å². The van der Waals surface area contributed by atoms with Crippen molar-refractivity contribution in [3.8, 4) is 0 Å². The Hall–Kier alpha value is -1.34. The minimum absolute atomic E-state index is 0.0675. The van der Waals surface area contributed by atoms with Crippen molar-refractivity contribution in [1.29, 1.82) is 0 Å². The number of ether oxygens (including phenoxy) is 1. The van der Waals surface area contributed by atoms with E-state index in [0.29, 0.717) is 11.5 Å². The van der Waals surface area contributed by atoms with Crippen molar-refractivity contribution in [2.45, 2.75) is 13.3 Å². The van der Waals surface area contributed by atoms with Gasteiger partial charge in [-0.3, -0.25) is 0 Å². The Morgan fingerprint density at radius 3 is 2.95 bits per heavy atom. The number of aryl methyl sites for hydroxylation is 1. The van der Waals surface area contributed by atoms with Crippen LogP contribution in [0.1, 0.15) is 22.7 Å². The number of hydrogen-bond donors (Lipinski definition) is 2. The van der Waals surface area contributed by atoms with E-state index in [-0.39, 0.29) is 12.4 Å². The van der Waals surface area contributed by atoms with Crippen LogP contribution in [0.3, 0.4) is 0 Å². The van der Waals surface area contributed by atoms with Crippen LogP contribution in [0.2, 0.25) is 0 Å². The number of nitrogens with one attached hydrogen (secondary N) is 1. The lowest BCUT2D eigenvalue weighted by molar-refractivity contribution is 0.0586. The average molecular weight is 285 g/mol. The zero-order valence-electron chi connectivity index (χ0n) is 11.2. The number of methoxy groups -OCH3 is 1. The highest BCUT2D eigenvalue weighted by molar-refractivity contribution is 7.99. The van der Waals surface area contributed by atoms with Crippen LogP contribution in [-0.4, -0.2) is 52.8 Å². The van der Waals surface area contributed by atoms with Crippen LogP contribution in [0.5, 0.6) is 0 Å². The first-order chi connectivity index (χ1) is 9.17. The van der Waals surface area contributed by atoms with Gasteiger partial charge in [-0.1, -0.05) is 0 Å². The Bertz CT molecular complexity index is 415. The topological polar surface area (TPSA) is 84.3 Å². The third-order valence-electron chi connectivity index (χ3n) is 2.22. The SMILES string of the molecule is COC(=O)c1nc(C)cc(NCCSCCCO)n1. The summed E-state index contributed by atoms with van der Waals surface area (Å²) < 4.78 is 4.60. The van der Waals surface area contributed by atoms with Crippen molar-refractivity contribution in [3.63, 3.8) is 0 Å². The zero-order valence-corrected chi connectivity index (χ0v) is 12.0. The summed E-state index contributed by atoms with van der Waals surface area (Å²) in [5.74, 6) is 2.00. The van der Waals surface area contributed by atoms with Crippen LogP contribution >= 0.6 is 11.8 Å². The Labute approximate surface area is 117 Å². The summed E-state index contributed by atoms with van der Waals surface area (Å²) in [5.41, 5.74) is 0.714. The number of carbonyl (C=O) groups is 1. The minimum atomic E-state index is -0.538. The average Bonchev–Trinajstić information content (AvgIpc) is 2.41. The second kappa shape index (κ2) is 8.71. The lowest BCUT2D eigenvalue weighted by Gasteiger charge is -2.07. The lowest BCUT2D eigenvalue weighted by atomic mass is 10.4. The standard InChI is InChI=1S/C12H19N3O3S/c1-9-8-10(13-4-7-19-6-3-5-16)15-11(14-9)12(17)18-2/h8,16H,3-7H2,1-2H3,(H,13,14,15). The molecule has 1 aromatic rings. The molecular weight excluding hydrogens is 266 g/mol. The summed E-state index contributed by atoms with van der Waals surface area (Å²) in [6, 6.07) is 1.78. The van der Waals surface area contributed by atoms with E-state index in [2.05, 4.69) is 20.0 Å². The van der Waals surface area contributed by atoms with Gasteiger partial charge in [-0.05, 0) is 19.1 Å². The highest BCUT2D eigenvalue weighted by Crippen LogP contribution is 2.08. The molecule has 1 heterocycles. The fourth-order valence-corrected chi connectivity index (χ4v) is 2.15. The van der Waals surface area contributed by atoms with Crippen LogP contribution in [-0.2, 0) is 4.74 Å². The molecule has 0 aliphatic carbocycles. The molecule has 0 fully saturated rings. The van der Waals surface area contributed by atoms with Gasteiger partial charge in [-0.2, -0.15) is 11.8 Å². The van der Waals surface area contributed by atoms with Crippen LogP contribution in [0.15, 0.2) is 6.07 Å². The molecule has 2 N–H and O–H groups in total. The molecule has 0 aromatic carbocycles. The number of carbonyl (C=O) groups excluding carboxylic acids is 1. The summed E-state index contributed by atoms with van der Waals surface area (Å²) in [6.07, 6.45) is 0.809. The van der Waals surface area contributed by atoms with Gasteiger partial charge >= 0.3 is 5.97 Å². The first-order valence-corrected chi connectivity index (χ1v) is 7.19. The van der Waals surface area contributed by atoms with E-state index in [9.17, 15) is 4.79 Å². The van der Waals surface area contributed by atoms with E-state index in [4.69, 9.17) is 5.11 Å². The molecule has 0 saturated heterocycles. The molecule has 1 aromatic heterocycles. The number of aliphatic hydroxyl groups excluding tert-OH is 1. The van der Waals surface area contributed by atoms with Gasteiger partial charge in [-0.15, -0.1) is 0 Å². The minimum Gasteiger partial charge on any atom is -0.463 e. The molecule has 1 rings (SSSR count). The molecule has 106 valence electrons. The van der Waals surface area contributed by atoms with E-state index < -0.39 is 5.97 Å². The summed E-state index contributed by atoms with van der Waals surface area (Å²) in [4.78, 5) is 19.5. The lowest BCUT2D eigenvalue weighted by Crippen LogP contribution is -2.12. The normalized spacial score (nSPS) is 10.3. The second-order valence-electron chi connectivity index (χ2n) is 3.83. The van der Waals surface area contributed by atoms with Crippen molar-refractivity contribution in [2.75, 3.05) is 37.1 Å². The maximum Gasteiger partial charge on any atom is 0.376 e. The molecule has 0 aliphatic heterocycles. The summed E-state index contributed by atoms with van der Waals surface area (Å²) in [6.45, 7) is 2.77. The summed E-state index contributed by atoms with van der Waals surface area (Å²) in [7, 11) is 1.30. The zero-order chi connectivity index (χ0) is 14.1. The van der Waals surface area contributed by atoms with Crippen molar-refractivity contribution >= 4 is 23.5 Å². The van der Waals surface area contributed by atoms with Gasteiger partial charge < -0.3 is 15.2 Å². The quantitative estimate of drug-likeness (QED) is 0.546. The van der Waals surface area contributed by atoms with Gasteiger partial charge in [0.05, 0.1) is 7.11 Å². The third-order valence-corrected chi connectivity index (χ3v) is 3.29. The predicted octanol–water partition coefficient (Wildman–Crippen LogP) is 1.10. The van der Waals surface area contributed by atoms with E-state index in [1.54, 1.807) is 24.8 Å². The van der Waals surface area contributed by atoms with Gasteiger partial charge in [0.15, 0.2) is 0 Å². The fourth-order valence-electron chi connectivity index (χ4n) is 1.36. The monoisotopic (exact) mass is 285 g/mol. The maximum absolute atomic E-state index is 11.4. The van der Waals surface area contributed by atoms with Gasteiger partial charge in [0.2, 0.25) is 5.82 Å². The molecule has 0 radical (unpaired) electrons. The number of thioether (sulfide) groups is 1. The molecule has 0 amide bonds. The van der Waals surface area contributed by atoms with Crippen molar-refractivity contribution < 1.29 is 14.6 Å². The number of aliphatic hydroxyl groups is 1. The van der Waals surface area contributed by atoms with Crippen molar-refractivity contribution in [2.24, 2.45) is 0 Å². The van der Waals surface area contributed by atoms with E-state index in [0.717, 1.165) is 24.5 Å². The summed E-state index contributed by atoms with van der Waals surface area (Å²) in [5, 5.41) is 11.8. The van der Waals surface area contributed by atoms with Gasteiger partial charge in [0.1, 0.15) is 5.82 Å². The number of anilines is 1. The maximum atomic E-state index is 11.4. The Kier molecular flexibility index (Phi) is 7.20. The van der Waals surface area contributed by atoms with Gasteiger partial charge in [-0.25, -0.2) is 14.8 Å². The highest BCUT2D eigenvalue weighted by Gasteiger charge is 2.10. The van der Waals surface area contributed by atoms with Crippen LogP contribution in [0, 0.1) is 6.92 Å². The smallest absolute Gasteiger partial charge is 0.376 e. The van der Waals surface area contributed by atoms with Gasteiger partial charge in [0, 0.05) is 30.7 Å². The third kappa shape index (κ3) is 5.89. The molecule has 0 bridgehead atoms.